The summed E-state index contributed by atoms with van der Waals surface area (Å²) in [6.07, 6.45) is 1.95. The molecule has 4 heteroatoms. The Bertz CT molecular complexity index is 660. The van der Waals surface area contributed by atoms with Crippen LogP contribution in [0.5, 0.6) is 5.75 Å². The normalized spacial score (nSPS) is 17.1. The molecule has 3 rings (SSSR count). The number of aliphatic hydroxyl groups is 1. The number of carboxylic acid groups (broad SMARTS) is 1. The number of ether oxygens (including phenoxy) is 1. The molecule has 1 fully saturated rings. The topological polar surface area (TPSA) is 66.8 Å². The van der Waals surface area contributed by atoms with Crippen molar-refractivity contribution < 1.29 is 19.7 Å². The van der Waals surface area contributed by atoms with Crippen molar-refractivity contribution in [3.05, 3.63) is 65.7 Å². The average Bonchev–Trinajstić information content (AvgIpc) is 2.53. The largest absolute Gasteiger partial charge is 0.489 e. The lowest BCUT2D eigenvalue weighted by Gasteiger charge is -2.41. The molecule has 0 aliphatic heterocycles. The van der Waals surface area contributed by atoms with E-state index < -0.39 is 17.5 Å². The molecule has 23 heavy (non-hydrogen) atoms. The Balaban J connectivity index is 1.69. The highest BCUT2D eigenvalue weighted by Crippen LogP contribution is 2.43. The van der Waals surface area contributed by atoms with Crippen LogP contribution >= 0.6 is 0 Å². The van der Waals surface area contributed by atoms with Gasteiger partial charge in [-0.3, -0.25) is 4.79 Å². The summed E-state index contributed by atoms with van der Waals surface area (Å²) in [5.41, 5.74) is 0.577. The Morgan fingerprint density at radius 1 is 1.09 bits per heavy atom. The monoisotopic (exact) mass is 312 g/mol. The van der Waals surface area contributed by atoms with Crippen LogP contribution in [0, 0.1) is 0 Å². The molecule has 1 aliphatic carbocycles. The number of benzene rings is 2. The lowest BCUT2D eigenvalue weighted by atomic mass is 9.68. The highest BCUT2D eigenvalue weighted by molar-refractivity contribution is 5.78. The second-order valence-electron chi connectivity index (χ2n) is 6.07. The smallest absolute Gasteiger partial charge is 0.313 e. The molecule has 1 aliphatic rings. The van der Waals surface area contributed by atoms with Crippen LogP contribution in [0.2, 0.25) is 0 Å². The Hall–Kier alpha value is -2.33. The molecule has 0 spiro atoms. The van der Waals surface area contributed by atoms with Gasteiger partial charge in [0.2, 0.25) is 0 Å². The molecule has 2 N–H and O–H groups in total. The number of carboxylic acids is 1. The Kier molecular flexibility index (Phi) is 4.35. The molecule has 1 saturated carbocycles. The van der Waals surface area contributed by atoms with Crippen LogP contribution in [0.25, 0.3) is 0 Å². The van der Waals surface area contributed by atoms with Crippen molar-refractivity contribution in [3.63, 3.8) is 0 Å². The number of hydrogen-bond acceptors (Lipinski definition) is 3. The lowest BCUT2D eigenvalue weighted by Crippen LogP contribution is -2.46. The van der Waals surface area contributed by atoms with Gasteiger partial charge < -0.3 is 14.9 Å². The summed E-state index contributed by atoms with van der Waals surface area (Å²) in [5, 5.41) is 19.9. The predicted molar refractivity (Wildman–Crippen MR) is 86.4 cm³/mol. The summed E-state index contributed by atoms with van der Waals surface area (Å²) in [6.45, 7) is 0.465. The van der Waals surface area contributed by atoms with Gasteiger partial charge in [-0.15, -0.1) is 0 Å². The molecule has 4 nitrogen and oxygen atoms in total. The van der Waals surface area contributed by atoms with Gasteiger partial charge in [0.25, 0.3) is 0 Å². The van der Waals surface area contributed by atoms with E-state index in [4.69, 9.17) is 4.74 Å². The van der Waals surface area contributed by atoms with Crippen LogP contribution in [-0.2, 0) is 11.4 Å². The van der Waals surface area contributed by atoms with Crippen LogP contribution in [-0.4, -0.2) is 21.8 Å². The van der Waals surface area contributed by atoms with E-state index in [1.54, 1.807) is 24.3 Å². The van der Waals surface area contributed by atoms with Crippen molar-refractivity contribution in [1.82, 2.24) is 0 Å². The maximum atomic E-state index is 11.5. The highest BCUT2D eigenvalue weighted by atomic mass is 16.5. The Morgan fingerprint density at radius 2 is 1.74 bits per heavy atom. The van der Waals surface area contributed by atoms with Gasteiger partial charge in [-0.05, 0) is 42.5 Å². The fourth-order valence-electron chi connectivity index (χ4n) is 3.01. The maximum absolute atomic E-state index is 11.5. The van der Waals surface area contributed by atoms with E-state index in [1.807, 2.05) is 30.3 Å². The molecular formula is C19H20O4. The molecular weight excluding hydrogens is 292 g/mol. The van der Waals surface area contributed by atoms with Gasteiger partial charge in [-0.25, -0.2) is 0 Å². The zero-order chi connectivity index (χ0) is 16.3. The van der Waals surface area contributed by atoms with Gasteiger partial charge in [0.1, 0.15) is 18.3 Å². The summed E-state index contributed by atoms with van der Waals surface area (Å²) >= 11 is 0. The first-order valence-corrected chi connectivity index (χ1v) is 7.80. The van der Waals surface area contributed by atoms with E-state index in [2.05, 4.69) is 0 Å². The minimum atomic E-state index is -1.11. The Morgan fingerprint density at radius 3 is 2.26 bits per heavy atom. The quantitative estimate of drug-likeness (QED) is 0.858. The molecule has 1 atom stereocenters. The second kappa shape index (κ2) is 6.42. The number of aliphatic carboxylic acids is 1. The zero-order valence-corrected chi connectivity index (χ0v) is 12.8. The molecule has 0 radical (unpaired) electrons. The van der Waals surface area contributed by atoms with E-state index >= 15 is 0 Å². The fourth-order valence-corrected chi connectivity index (χ4v) is 3.01. The van der Waals surface area contributed by atoms with Crippen LogP contribution in [0.15, 0.2) is 54.6 Å². The molecule has 0 saturated heterocycles. The van der Waals surface area contributed by atoms with Gasteiger partial charge in [-0.2, -0.15) is 0 Å². The molecule has 1 unspecified atom stereocenters. The molecule has 2 aromatic rings. The van der Waals surface area contributed by atoms with E-state index in [0.717, 1.165) is 12.0 Å². The average molecular weight is 312 g/mol. The first-order valence-electron chi connectivity index (χ1n) is 7.80. The summed E-state index contributed by atoms with van der Waals surface area (Å²) in [5.74, 6) is -1.17. The molecule has 0 heterocycles. The SMILES string of the molecule is O=C(O)C(c1ccc(OCc2ccccc2)cc1)C1(O)CCC1. The van der Waals surface area contributed by atoms with Crippen LogP contribution in [0.3, 0.4) is 0 Å². The Labute approximate surface area is 135 Å². The van der Waals surface area contributed by atoms with Gasteiger partial charge in [0, 0.05) is 0 Å². The lowest BCUT2D eigenvalue weighted by molar-refractivity contribution is -0.151. The first-order chi connectivity index (χ1) is 11.1. The standard InChI is InChI=1S/C19H20O4/c20-18(21)17(19(22)11-4-12-19)15-7-9-16(10-8-15)23-13-14-5-2-1-3-6-14/h1-3,5-10,17,22H,4,11-13H2,(H,20,21). The van der Waals surface area contributed by atoms with Gasteiger partial charge in [0.05, 0.1) is 5.60 Å². The summed E-state index contributed by atoms with van der Waals surface area (Å²) in [7, 11) is 0. The zero-order valence-electron chi connectivity index (χ0n) is 12.8. The fraction of sp³-hybridized carbons (Fsp3) is 0.316. The van der Waals surface area contributed by atoms with Gasteiger partial charge >= 0.3 is 5.97 Å². The number of carbonyl (C=O) groups is 1. The predicted octanol–water partition coefficient (Wildman–Crippen LogP) is 3.35. The van der Waals surface area contributed by atoms with Crippen molar-refractivity contribution >= 4 is 5.97 Å². The number of hydrogen-bond donors (Lipinski definition) is 2. The van der Waals surface area contributed by atoms with E-state index in [1.165, 1.54) is 0 Å². The van der Waals surface area contributed by atoms with Crippen LogP contribution < -0.4 is 4.74 Å². The van der Waals surface area contributed by atoms with Gasteiger partial charge in [0.15, 0.2) is 0 Å². The van der Waals surface area contributed by atoms with Crippen molar-refractivity contribution in [2.75, 3.05) is 0 Å². The van der Waals surface area contributed by atoms with Crippen LogP contribution in [0.4, 0.5) is 0 Å². The van der Waals surface area contributed by atoms with Crippen molar-refractivity contribution in [2.45, 2.75) is 37.4 Å². The second-order valence-corrected chi connectivity index (χ2v) is 6.07. The summed E-state index contributed by atoms with van der Waals surface area (Å²) in [4.78, 5) is 11.5. The minimum Gasteiger partial charge on any atom is -0.489 e. The van der Waals surface area contributed by atoms with Crippen molar-refractivity contribution in [3.8, 4) is 5.75 Å². The maximum Gasteiger partial charge on any atom is 0.313 e. The summed E-state index contributed by atoms with van der Waals surface area (Å²) in [6, 6.07) is 16.8. The molecule has 120 valence electrons. The van der Waals surface area contributed by atoms with Gasteiger partial charge in [-0.1, -0.05) is 42.5 Å². The molecule has 0 bridgehead atoms. The number of rotatable bonds is 6. The first kappa shape index (κ1) is 15.6. The van der Waals surface area contributed by atoms with Crippen molar-refractivity contribution in [1.29, 1.82) is 0 Å². The third-order valence-corrected chi connectivity index (χ3v) is 4.47. The summed E-state index contributed by atoms with van der Waals surface area (Å²) < 4.78 is 5.70. The van der Waals surface area contributed by atoms with Crippen molar-refractivity contribution in [2.24, 2.45) is 0 Å². The minimum absolute atomic E-state index is 0.465. The molecule has 2 aromatic carbocycles. The van der Waals surface area contributed by atoms with E-state index in [9.17, 15) is 15.0 Å². The highest BCUT2D eigenvalue weighted by Gasteiger charge is 2.47. The third kappa shape index (κ3) is 3.37. The molecule has 0 amide bonds. The van der Waals surface area contributed by atoms with Crippen LogP contribution in [0.1, 0.15) is 36.3 Å². The molecule has 0 aromatic heterocycles. The third-order valence-electron chi connectivity index (χ3n) is 4.47. The van der Waals surface area contributed by atoms with E-state index in [-0.39, 0.29) is 0 Å². The van der Waals surface area contributed by atoms with E-state index in [0.29, 0.717) is 30.8 Å².